The van der Waals surface area contributed by atoms with Gasteiger partial charge in [0.1, 0.15) is 0 Å². The van der Waals surface area contributed by atoms with E-state index in [1.54, 1.807) is 0 Å². The first-order chi connectivity index (χ1) is 12.1. The molecular formula is C16H17F3N4O3. The van der Waals surface area contributed by atoms with Gasteiger partial charge < -0.3 is 10.0 Å². The maximum absolute atomic E-state index is 12.9. The third kappa shape index (κ3) is 3.36. The van der Waals surface area contributed by atoms with Crippen LogP contribution in [0.1, 0.15) is 34.6 Å². The standard InChI is InChI=1S/C16H17F3N4O3/c1-22-14(25)20-12(21-22)13(24)23-7-5-15(26,6-8-23)10-3-2-4-11(9-10)16(17,18)19/h2-4,9,26H,5-8H2,1H3,(H,20,21,25). The molecular weight excluding hydrogens is 353 g/mol. The van der Waals surface area contributed by atoms with E-state index in [4.69, 9.17) is 0 Å². The van der Waals surface area contributed by atoms with Gasteiger partial charge in [-0.15, -0.1) is 5.10 Å². The summed E-state index contributed by atoms with van der Waals surface area (Å²) in [6.07, 6.45) is -4.33. The molecule has 3 rings (SSSR count). The quantitative estimate of drug-likeness (QED) is 0.833. The Morgan fingerprint density at radius 3 is 2.50 bits per heavy atom. The van der Waals surface area contributed by atoms with Crippen molar-refractivity contribution >= 4 is 5.91 Å². The second-order valence-corrected chi connectivity index (χ2v) is 6.30. The molecule has 1 fully saturated rings. The Labute approximate surface area is 146 Å². The normalized spacial score (nSPS) is 17.3. The summed E-state index contributed by atoms with van der Waals surface area (Å²) in [5, 5.41) is 14.6. The molecule has 7 nitrogen and oxygen atoms in total. The van der Waals surface area contributed by atoms with Crippen LogP contribution in [-0.4, -0.2) is 43.8 Å². The van der Waals surface area contributed by atoms with Crippen molar-refractivity contribution in [3.05, 3.63) is 51.7 Å². The summed E-state index contributed by atoms with van der Waals surface area (Å²) >= 11 is 0. The lowest BCUT2D eigenvalue weighted by Crippen LogP contribution is -2.45. The molecule has 2 aromatic rings. The molecule has 1 aliphatic rings. The molecule has 0 unspecified atom stereocenters. The summed E-state index contributed by atoms with van der Waals surface area (Å²) < 4.78 is 39.6. The molecule has 1 amide bonds. The molecule has 2 N–H and O–H groups in total. The number of benzene rings is 1. The Bertz CT molecular complexity index is 879. The topological polar surface area (TPSA) is 91.2 Å². The van der Waals surface area contributed by atoms with E-state index in [0.717, 1.165) is 16.8 Å². The van der Waals surface area contributed by atoms with E-state index >= 15 is 0 Å². The number of aryl methyl sites for hydroxylation is 1. The number of alkyl halides is 3. The van der Waals surface area contributed by atoms with Gasteiger partial charge in [-0.1, -0.05) is 12.1 Å². The third-order valence-corrected chi connectivity index (χ3v) is 4.58. The van der Waals surface area contributed by atoms with Crippen LogP contribution in [0.3, 0.4) is 0 Å². The molecule has 2 heterocycles. The fourth-order valence-corrected chi connectivity index (χ4v) is 3.00. The van der Waals surface area contributed by atoms with Crippen LogP contribution in [0.4, 0.5) is 13.2 Å². The number of halogens is 3. The number of nitrogens with zero attached hydrogens (tertiary/aromatic N) is 3. The van der Waals surface area contributed by atoms with Gasteiger partial charge in [0, 0.05) is 20.1 Å². The van der Waals surface area contributed by atoms with Gasteiger partial charge in [0.15, 0.2) is 0 Å². The number of H-pyrrole nitrogens is 1. The maximum atomic E-state index is 12.9. The summed E-state index contributed by atoms with van der Waals surface area (Å²) in [6.45, 7) is 0.258. The summed E-state index contributed by atoms with van der Waals surface area (Å²) in [7, 11) is 1.40. The van der Waals surface area contributed by atoms with Crippen molar-refractivity contribution in [3.8, 4) is 0 Å². The average Bonchev–Trinajstić information content (AvgIpc) is 2.93. The zero-order valence-corrected chi connectivity index (χ0v) is 13.9. The predicted molar refractivity (Wildman–Crippen MR) is 84.3 cm³/mol. The smallest absolute Gasteiger partial charge is 0.385 e. The number of piperidine rings is 1. The minimum absolute atomic E-state index is 0.0805. The third-order valence-electron chi connectivity index (χ3n) is 4.58. The van der Waals surface area contributed by atoms with E-state index < -0.39 is 28.9 Å². The Morgan fingerprint density at radius 1 is 1.31 bits per heavy atom. The van der Waals surface area contributed by atoms with Crippen LogP contribution in [0, 0.1) is 0 Å². The van der Waals surface area contributed by atoms with Gasteiger partial charge in [-0.3, -0.25) is 9.78 Å². The van der Waals surface area contributed by atoms with E-state index in [1.807, 2.05) is 0 Å². The van der Waals surface area contributed by atoms with Crippen LogP contribution in [0.25, 0.3) is 0 Å². The van der Waals surface area contributed by atoms with E-state index in [2.05, 4.69) is 10.1 Å². The number of aromatic amines is 1. The fraction of sp³-hybridized carbons (Fsp3) is 0.438. The highest BCUT2D eigenvalue weighted by Crippen LogP contribution is 2.36. The molecule has 10 heteroatoms. The summed E-state index contributed by atoms with van der Waals surface area (Å²) in [6, 6.07) is 4.59. The first-order valence-corrected chi connectivity index (χ1v) is 7.93. The summed E-state index contributed by atoms with van der Waals surface area (Å²) in [5.74, 6) is -0.601. The molecule has 1 saturated heterocycles. The highest BCUT2D eigenvalue weighted by Gasteiger charge is 2.38. The van der Waals surface area contributed by atoms with E-state index in [-0.39, 0.29) is 37.3 Å². The highest BCUT2D eigenvalue weighted by atomic mass is 19.4. The number of nitrogens with one attached hydrogen (secondary N) is 1. The van der Waals surface area contributed by atoms with Crippen molar-refractivity contribution in [1.29, 1.82) is 0 Å². The number of aliphatic hydroxyl groups is 1. The molecule has 0 saturated carbocycles. The Kier molecular flexibility index (Phi) is 4.39. The van der Waals surface area contributed by atoms with Crippen molar-refractivity contribution in [2.24, 2.45) is 7.05 Å². The highest BCUT2D eigenvalue weighted by molar-refractivity contribution is 5.90. The lowest BCUT2D eigenvalue weighted by molar-refractivity contribution is -0.137. The van der Waals surface area contributed by atoms with E-state index in [1.165, 1.54) is 24.1 Å². The lowest BCUT2D eigenvalue weighted by atomic mass is 9.83. The van der Waals surface area contributed by atoms with Gasteiger partial charge in [0.2, 0.25) is 5.82 Å². The first-order valence-electron chi connectivity index (χ1n) is 7.93. The second kappa shape index (κ2) is 6.27. The van der Waals surface area contributed by atoms with Gasteiger partial charge in [-0.05, 0) is 30.5 Å². The molecule has 0 bridgehead atoms. The van der Waals surface area contributed by atoms with Gasteiger partial charge >= 0.3 is 11.9 Å². The molecule has 0 atom stereocenters. The van der Waals surface area contributed by atoms with Crippen LogP contribution in [0.5, 0.6) is 0 Å². The Morgan fingerprint density at radius 2 is 1.96 bits per heavy atom. The number of carbonyl (C=O) groups is 1. The molecule has 140 valence electrons. The van der Waals surface area contributed by atoms with Crippen LogP contribution in [0.15, 0.2) is 29.1 Å². The van der Waals surface area contributed by atoms with Gasteiger partial charge in [0.25, 0.3) is 5.91 Å². The first kappa shape index (κ1) is 18.2. The van der Waals surface area contributed by atoms with Crippen molar-refractivity contribution in [1.82, 2.24) is 19.7 Å². The number of hydrogen-bond donors (Lipinski definition) is 2. The number of rotatable bonds is 2. The minimum Gasteiger partial charge on any atom is -0.385 e. The number of hydrogen-bond acceptors (Lipinski definition) is 4. The van der Waals surface area contributed by atoms with Crippen molar-refractivity contribution in [3.63, 3.8) is 0 Å². The van der Waals surface area contributed by atoms with Gasteiger partial charge in [-0.2, -0.15) is 13.2 Å². The van der Waals surface area contributed by atoms with Gasteiger partial charge in [0.05, 0.1) is 11.2 Å². The number of aromatic nitrogens is 3. The number of carbonyl (C=O) groups excluding carboxylic acids is 1. The average molecular weight is 370 g/mol. The zero-order chi connectivity index (χ0) is 19.1. The van der Waals surface area contributed by atoms with Crippen molar-refractivity contribution < 1.29 is 23.1 Å². The summed E-state index contributed by atoms with van der Waals surface area (Å²) in [5.41, 5.74) is -2.63. The van der Waals surface area contributed by atoms with Gasteiger partial charge in [-0.25, -0.2) is 9.48 Å². The number of amides is 1. The molecule has 1 aromatic heterocycles. The summed E-state index contributed by atoms with van der Waals surface area (Å²) in [4.78, 5) is 27.5. The SMILES string of the molecule is Cn1nc(C(=O)N2CCC(O)(c3cccc(C(F)(F)F)c3)CC2)[nH]c1=O. The van der Waals surface area contributed by atoms with Crippen molar-refractivity contribution in [2.45, 2.75) is 24.6 Å². The zero-order valence-electron chi connectivity index (χ0n) is 13.9. The lowest BCUT2D eigenvalue weighted by Gasteiger charge is -2.38. The Hall–Kier alpha value is -2.62. The van der Waals surface area contributed by atoms with E-state index in [0.29, 0.717) is 0 Å². The molecule has 1 aromatic carbocycles. The molecule has 0 aliphatic carbocycles. The van der Waals surface area contributed by atoms with Crippen LogP contribution in [-0.2, 0) is 18.8 Å². The second-order valence-electron chi connectivity index (χ2n) is 6.30. The number of likely N-dealkylation sites (tertiary alicyclic amines) is 1. The molecule has 0 spiro atoms. The Balaban J connectivity index is 1.75. The van der Waals surface area contributed by atoms with Crippen LogP contribution >= 0.6 is 0 Å². The van der Waals surface area contributed by atoms with Crippen LogP contribution < -0.4 is 5.69 Å². The molecule has 0 radical (unpaired) electrons. The minimum atomic E-state index is -4.49. The predicted octanol–water partition coefficient (Wildman–Crippen LogP) is 1.25. The maximum Gasteiger partial charge on any atom is 0.416 e. The molecule has 26 heavy (non-hydrogen) atoms. The largest absolute Gasteiger partial charge is 0.416 e. The van der Waals surface area contributed by atoms with E-state index in [9.17, 15) is 27.9 Å². The fourth-order valence-electron chi connectivity index (χ4n) is 3.00. The van der Waals surface area contributed by atoms with Crippen LogP contribution in [0.2, 0.25) is 0 Å². The molecule has 1 aliphatic heterocycles. The monoisotopic (exact) mass is 370 g/mol. The van der Waals surface area contributed by atoms with Crippen molar-refractivity contribution in [2.75, 3.05) is 13.1 Å².